The molecule has 184 valence electrons. The molecule has 3 fully saturated rings. The van der Waals surface area contributed by atoms with Crippen molar-refractivity contribution < 1.29 is 13.7 Å². The first kappa shape index (κ1) is 23.3. The number of rotatable bonds is 5. The predicted octanol–water partition coefficient (Wildman–Crippen LogP) is 5.86. The van der Waals surface area contributed by atoms with E-state index in [4.69, 9.17) is 4.52 Å². The molecule has 1 aromatic heterocycles. The maximum atomic E-state index is 14.9. The summed E-state index contributed by atoms with van der Waals surface area (Å²) in [7, 11) is 0. The summed E-state index contributed by atoms with van der Waals surface area (Å²) < 4.78 is 20.5. The fourth-order valence-electron chi connectivity index (χ4n) is 5.52. The van der Waals surface area contributed by atoms with Gasteiger partial charge >= 0.3 is 6.03 Å². The Kier molecular flexibility index (Phi) is 6.40. The van der Waals surface area contributed by atoms with E-state index in [1.807, 2.05) is 6.07 Å². The number of carbonyl (C=O) groups is 1. The highest BCUT2D eigenvalue weighted by Crippen LogP contribution is 2.43. The molecule has 1 aliphatic carbocycles. The first-order chi connectivity index (χ1) is 16.3. The average molecular weight is 469 g/mol. The molecule has 2 aromatic rings. The van der Waals surface area contributed by atoms with Crippen molar-refractivity contribution in [1.82, 2.24) is 15.0 Å². The standard InChI is InChI=1S/C27H37FN4O2/c1-18(2)31-13-9-19(10-14-31)21-5-4-6-22(28)25(21)29-26(33)32-15-11-27(3,12-16-32)24-17-23(34-30-24)20-7-8-20/h4-6,17-20H,7-16H2,1-3H3,(H,29,33). The lowest BCUT2D eigenvalue weighted by Crippen LogP contribution is -2.46. The molecule has 0 atom stereocenters. The SMILES string of the molecule is CC(C)N1CCC(c2cccc(F)c2NC(=O)N2CCC(C)(c3cc(C4CC4)on3)CC2)CC1. The number of aromatic nitrogens is 1. The van der Waals surface area contributed by atoms with Crippen LogP contribution < -0.4 is 5.32 Å². The van der Waals surface area contributed by atoms with E-state index in [0.717, 1.165) is 55.8 Å². The van der Waals surface area contributed by atoms with E-state index >= 15 is 0 Å². The van der Waals surface area contributed by atoms with Crippen LogP contribution in [-0.4, -0.2) is 53.2 Å². The summed E-state index contributed by atoms with van der Waals surface area (Å²) in [6, 6.07) is 7.60. The van der Waals surface area contributed by atoms with E-state index < -0.39 is 0 Å². The summed E-state index contributed by atoms with van der Waals surface area (Å²) in [6.45, 7) is 9.87. The predicted molar refractivity (Wildman–Crippen MR) is 131 cm³/mol. The molecule has 3 heterocycles. The zero-order valence-electron chi connectivity index (χ0n) is 20.6. The molecule has 0 spiro atoms. The van der Waals surface area contributed by atoms with E-state index in [1.165, 1.54) is 18.9 Å². The molecular formula is C27H37FN4O2. The van der Waals surface area contributed by atoms with E-state index in [2.05, 4.69) is 42.2 Å². The topological polar surface area (TPSA) is 61.6 Å². The molecule has 5 rings (SSSR count). The second-order valence-electron chi connectivity index (χ2n) is 11.0. The Morgan fingerprint density at radius 2 is 1.82 bits per heavy atom. The van der Waals surface area contributed by atoms with Crippen molar-refractivity contribution in [2.24, 2.45) is 0 Å². The fourth-order valence-corrected chi connectivity index (χ4v) is 5.52. The van der Waals surface area contributed by atoms with Gasteiger partial charge in [-0.05, 0) is 83.0 Å². The molecule has 1 saturated carbocycles. The second-order valence-corrected chi connectivity index (χ2v) is 11.0. The molecule has 6 nitrogen and oxygen atoms in total. The number of nitrogens with one attached hydrogen (secondary N) is 1. The molecule has 1 N–H and O–H groups in total. The zero-order chi connectivity index (χ0) is 23.9. The van der Waals surface area contributed by atoms with Crippen molar-refractivity contribution in [2.75, 3.05) is 31.5 Å². The summed E-state index contributed by atoms with van der Waals surface area (Å²) in [5, 5.41) is 7.29. The summed E-state index contributed by atoms with van der Waals surface area (Å²) in [5.41, 5.74) is 2.18. The number of carbonyl (C=O) groups excluding carboxylic acids is 1. The quantitative estimate of drug-likeness (QED) is 0.597. The highest BCUT2D eigenvalue weighted by atomic mass is 19.1. The van der Waals surface area contributed by atoms with Crippen LogP contribution >= 0.6 is 0 Å². The Hall–Kier alpha value is -2.41. The fraction of sp³-hybridized carbons (Fsp3) is 0.630. The number of halogens is 1. The third-order valence-corrected chi connectivity index (χ3v) is 8.26. The molecule has 0 radical (unpaired) electrons. The van der Waals surface area contributed by atoms with Gasteiger partial charge in [-0.1, -0.05) is 24.2 Å². The van der Waals surface area contributed by atoms with E-state index in [1.54, 1.807) is 11.0 Å². The summed E-state index contributed by atoms with van der Waals surface area (Å²) in [6.07, 6.45) is 5.96. The van der Waals surface area contributed by atoms with Gasteiger partial charge in [-0.3, -0.25) is 0 Å². The van der Waals surface area contributed by atoms with Crippen LogP contribution in [-0.2, 0) is 5.41 Å². The van der Waals surface area contributed by atoms with Gasteiger partial charge in [0, 0.05) is 36.5 Å². The Labute approximate surface area is 201 Å². The maximum absolute atomic E-state index is 14.9. The number of para-hydroxylation sites is 1. The second kappa shape index (κ2) is 9.33. The van der Waals surface area contributed by atoms with Crippen molar-refractivity contribution in [3.05, 3.63) is 47.1 Å². The van der Waals surface area contributed by atoms with E-state index in [0.29, 0.717) is 30.7 Å². The molecule has 2 aliphatic heterocycles. The number of urea groups is 1. The lowest BCUT2D eigenvalue weighted by Gasteiger charge is -2.38. The third kappa shape index (κ3) is 4.72. The Balaban J connectivity index is 1.23. The van der Waals surface area contributed by atoms with Crippen LogP contribution in [0.25, 0.3) is 0 Å². The molecule has 34 heavy (non-hydrogen) atoms. The van der Waals surface area contributed by atoms with Crippen LogP contribution in [0.2, 0.25) is 0 Å². The molecule has 7 heteroatoms. The molecule has 0 bridgehead atoms. The lowest BCUT2D eigenvalue weighted by molar-refractivity contribution is 0.170. The van der Waals surface area contributed by atoms with Gasteiger partial charge in [-0.2, -0.15) is 0 Å². The van der Waals surface area contributed by atoms with Crippen LogP contribution in [0.15, 0.2) is 28.8 Å². The van der Waals surface area contributed by atoms with Crippen LogP contribution in [0.4, 0.5) is 14.9 Å². The van der Waals surface area contributed by atoms with E-state index in [9.17, 15) is 9.18 Å². The average Bonchev–Trinajstić information content (AvgIpc) is 3.56. The van der Waals surface area contributed by atoms with Gasteiger partial charge in [0.1, 0.15) is 11.6 Å². The minimum absolute atomic E-state index is 0.0963. The number of nitrogens with zero attached hydrogens (tertiary/aromatic N) is 3. The van der Waals surface area contributed by atoms with Crippen LogP contribution in [0.1, 0.15) is 88.1 Å². The van der Waals surface area contributed by atoms with Gasteiger partial charge in [-0.15, -0.1) is 0 Å². The van der Waals surface area contributed by atoms with Gasteiger partial charge in [0.15, 0.2) is 0 Å². The molecule has 2 saturated heterocycles. The van der Waals surface area contributed by atoms with Crippen LogP contribution in [0.3, 0.4) is 0 Å². The van der Waals surface area contributed by atoms with E-state index in [-0.39, 0.29) is 23.2 Å². The normalized spacial score (nSPS) is 21.7. The monoisotopic (exact) mass is 468 g/mol. The Morgan fingerprint density at radius 3 is 2.47 bits per heavy atom. The summed E-state index contributed by atoms with van der Waals surface area (Å²) >= 11 is 0. The molecular weight excluding hydrogens is 431 g/mol. The van der Waals surface area contributed by atoms with Gasteiger partial charge in [-0.25, -0.2) is 9.18 Å². The smallest absolute Gasteiger partial charge is 0.321 e. The number of likely N-dealkylation sites (tertiary alicyclic amines) is 2. The van der Waals surface area contributed by atoms with Crippen LogP contribution in [0.5, 0.6) is 0 Å². The highest BCUT2D eigenvalue weighted by molar-refractivity contribution is 5.90. The van der Waals surface area contributed by atoms with Crippen LogP contribution in [0, 0.1) is 5.82 Å². The number of anilines is 1. The summed E-state index contributed by atoms with van der Waals surface area (Å²) in [5.74, 6) is 1.46. The number of hydrogen-bond acceptors (Lipinski definition) is 4. The molecule has 2 amide bonds. The summed E-state index contributed by atoms with van der Waals surface area (Å²) in [4.78, 5) is 17.4. The molecule has 0 unspecified atom stereocenters. The van der Waals surface area contributed by atoms with Crippen molar-refractivity contribution in [1.29, 1.82) is 0 Å². The largest absolute Gasteiger partial charge is 0.361 e. The van der Waals surface area contributed by atoms with Crippen molar-refractivity contribution in [3.8, 4) is 0 Å². The van der Waals surface area contributed by atoms with Gasteiger partial charge in [0.05, 0.1) is 11.4 Å². The van der Waals surface area contributed by atoms with Crippen molar-refractivity contribution in [2.45, 2.75) is 82.6 Å². The lowest BCUT2D eigenvalue weighted by atomic mass is 9.77. The number of amides is 2. The zero-order valence-corrected chi connectivity index (χ0v) is 20.6. The first-order valence-corrected chi connectivity index (χ1v) is 12.9. The minimum Gasteiger partial charge on any atom is -0.361 e. The van der Waals surface area contributed by atoms with Crippen molar-refractivity contribution in [3.63, 3.8) is 0 Å². The first-order valence-electron chi connectivity index (χ1n) is 12.9. The minimum atomic E-state index is -0.353. The van der Waals surface area contributed by atoms with Gasteiger partial charge in [0.2, 0.25) is 0 Å². The maximum Gasteiger partial charge on any atom is 0.321 e. The van der Waals surface area contributed by atoms with Gasteiger partial charge < -0.3 is 19.6 Å². The molecule has 3 aliphatic rings. The Morgan fingerprint density at radius 1 is 1.12 bits per heavy atom. The van der Waals surface area contributed by atoms with Gasteiger partial charge in [0.25, 0.3) is 0 Å². The number of piperidine rings is 2. The Bertz CT molecular complexity index is 1020. The molecule has 1 aromatic carbocycles. The number of hydrogen-bond donors (Lipinski definition) is 1. The van der Waals surface area contributed by atoms with Crippen molar-refractivity contribution >= 4 is 11.7 Å². The third-order valence-electron chi connectivity index (χ3n) is 8.26. The number of benzene rings is 1. The highest BCUT2D eigenvalue weighted by Gasteiger charge is 2.38.